The molecule has 0 aromatic carbocycles. The third-order valence-corrected chi connectivity index (χ3v) is 1.78. The molecule has 3 nitrogen and oxygen atoms in total. The molecule has 0 aromatic heterocycles. The lowest BCUT2D eigenvalue weighted by molar-refractivity contribution is 0.114. The number of hydrogen-bond acceptors (Lipinski definition) is 3. The summed E-state index contributed by atoms with van der Waals surface area (Å²) in [5, 5.41) is 15.2. The number of aliphatic hydroxyl groups is 2. The van der Waals surface area contributed by atoms with Gasteiger partial charge in [0.05, 0.1) is 13.2 Å². The highest BCUT2D eigenvalue weighted by molar-refractivity contribution is 4.45. The zero-order valence-electron chi connectivity index (χ0n) is 10.7. The molecule has 0 aliphatic heterocycles. The number of ether oxygens (including phenoxy) is 1. The van der Waals surface area contributed by atoms with Gasteiger partial charge in [0, 0.05) is 13.2 Å². The maximum atomic E-state index is 7.62. The summed E-state index contributed by atoms with van der Waals surface area (Å²) in [5.74, 6) is 1.54. The van der Waals surface area contributed by atoms with Crippen LogP contribution in [0.25, 0.3) is 0 Å². The van der Waals surface area contributed by atoms with Crippen molar-refractivity contribution in [2.24, 2.45) is 11.8 Å². The molecular formula is C12H28O3. The van der Waals surface area contributed by atoms with Crippen molar-refractivity contribution >= 4 is 0 Å². The van der Waals surface area contributed by atoms with E-state index in [0.29, 0.717) is 0 Å². The molecule has 0 saturated heterocycles. The first-order valence-corrected chi connectivity index (χ1v) is 5.84. The van der Waals surface area contributed by atoms with Crippen molar-refractivity contribution in [1.82, 2.24) is 0 Å². The Bertz CT molecular complexity index is 91.0. The van der Waals surface area contributed by atoms with Gasteiger partial charge >= 0.3 is 0 Å². The summed E-state index contributed by atoms with van der Waals surface area (Å²) in [6.07, 6.45) is 2.39. The first-order chi connectivity index (χ1) is 7.04. The highest BCUT2D eigenvalue weighted by atomic mass is 16.5. The fourth-order valence-corrected chi connectivity index (χ4v) is 0.740. The summed E-state index contributed by atoms with van der Waals surface area (Å²) in [7, 11) is 0. The molecule has 0 amide bonds. The SMILES string of the molecule is CC(C)CCOCCC(C)C.OCCO. The Morgan fingerprint density at radius 1 is 0.800 bits per heavy atom. The summed E-state index contributed by atoms with van der Waals surface area (Å²) in [6.45, 7) is 10.5. The van der Waals surface area contributed by atoms with Gasteiger partial charge in [0.15, 0.2) is 0 Å². The highest BCUT2D eigenvalue weighted by Gasteiger charge is 1.95. The summed E-state index contributed by atoms with van der Waals surface area (Å²) in [6, 6.07) is 0. The standard InChI is InChI=1S/C10H22O.C2H6O2/c1-9(2)5-7-11-8-6-10(3)4;3-1-2-4/h9-10H,5-8H2,1-4H3;3-4H,1-2H2. The Balaban J connectivity index is 0. The fourth-order valence-electron chi connectivity index (χ4n) is 0.740. The molecule has 0 atom stereocenters. The minimum atomic E-state index is -0.125. The minimum absolute atomic E-state index is 0.125. The number of rotatable bonds is 7. The third kappa shape index (κ3) is 24.8. The smallest absolute Gasteiger partial charge is 0.0662 e. The van der Waals surface area contributed by atoms with E-state index < -0.39 is 0 Å². The summed E-state index contributed by atoms with van der Waals surface area (Å²) < 4.78 is 5.46. The predicted molar refractivity (Wildman–Crippen MR) is 63.9 cm³/mol. The maximum Gasteiger partial charge on any atom is 0.0662 e. The van der Waals surface area contributed by atoms with Gasteiger partial charge in [-0.15, -0.1) is 0 Å². The van der Waals surface area contributed by atoms with Gasteiger partial charge in [-0.1, -0.05) is 27.7 Å². The molecule has 2 N–H and O–H groups in total. The van der Waals surface area contributed by atoms with Crippen molar-refractivity contribution < 1.29 is 14.9 Å². The van der Waals surface area contributed by atoms with Gasteiger partial charge in [0.2, 0.25) is 0 Å². The summed E-state index contributed by atoms with van der Waals surface area (Å²) in [4.78, 5) is 0. The van der Waals surface area contributed by atoms with Crippen LogP contribution in [0.15, 0.2) is 0 Å². The molecule has 0 aliphatic rings. The zero-order valence-corrected chi connectivity index (χ0v) is 10.7. The molecule has 0 radical (unpaired) electrons. The lowest BCUT2D eigenvalue weighted by Gasteiger charge is -2.07. The van der Waals surface area contributed by atoms with E-state index in [1.165, 1.54) is 12.8 Å². The third-order valence-electron chi connectivity index (χ3n) is 1.78. The molecule has 0 unspecified atom stereocenters. The second-order valence-corrected chi connectivity index (χ2v) is 4.42. The van der Waals surface area contributed by atoms with Crippen LogP contribution in [0.3, 0.4) is 0 Å². The van der Waals surface area contributed by atoms with Crippen LogP contribution in [-0.4, -0.2) is 36.6 Å². The molecule has 0 rings (SSSR count). The van der Waals surface area contributed by atoms with Gasteiger partial charge < -0.3 is 14.9 Å². The Morgan fingerprint density at radius 2 is 1.13 bits per heavy atom. The van der Waals surface area contributed by atoms with Crippen molar-refractivity contribution in [2.75, 3.05) is 26.4 Å². The average Bonchev–Trinajstić information content (AvgIpc) is 2.17. The van der Waals surface area contributed by atoms with Crippen LogP contribution in [0, 0.1) is 11.8 Å². The zero-order chi connectivity index (χ0) is 12.1. The molecule has 0 saturated carbocycles. The average molecular weight is 220 g/mol. The first kappa shape index (κ1) is 17.3. The fraction of sp³-hybridized carbons (Fsp3) is 1.00. The Kier molecular flexibility index (Phi) is 16.0. The molecule has 15 heavy (non-hydrogen) atoms. The van der Waals surface area contributed by atoms with Gasteiger partial charge in [-0.3, -0.25) is 0 Å². The Labute approximate surface area is 94.5 Å². The molecule has 0 aliphatic carbocycles. The maximum absolute atomic E-state index is 7.62. The van der Waals surface area contributed by atoms with Gasteiger partial charge in [-0.2, -0.15) is 0 Å². The molecule has 0 bridgehead atoms. The Hall–Kier alpha value is -0.120. The van der Waals surface area contributed by atoms with Crippen molar-refractivity contribution in [3.05, 3.63) is 0 Å². The second kappa shape index (κ2) is 13.9. The number of aliphatic hydroxyl groups excluding tert-OH is 2. The van der Waals surface area contributed by atoms with Crippen molar-refractivity contribution in [2.45, 2.75) is 40.5 Å². The van der Waals surface area contributed by atoms with Crippen LogP contribution < -0.4 is 0 Å². The van der Waals surface area contributed by atoms with E-state index in [0.717, 1.165) is 25.0 Å². The molecule has 3 heteroatoms. The lowest BCUT2D eigenvalue weighted by atomic mass is 10.1. The van der Waals surface area contributed by atoms with Crippen molar-refractivity contribution in [3.63, 3.8) is 0 Å². The number of hydrogen-bond donors (Lipinski definition) is 2. The van der Waals surface area contributed by atoms with Crippen LogP contribution in [-0.2, 0) is 4.74 Å². The second-order valence-electron chi connectivity index (χ2n) is 4.42. The Morgan fingerprint density at radius 3 is 1.33 bits per heavy atom. The molecule has 0 aromatic rings. The first-order valence-electron chi connectivity index (χ1n) is 5.84. The van der Waals surface area contributed by atoms with Gasteiger partial charge in [-0.25, -0.2) is 0 Å². The monoisotopic (exact) mass is 220 g/mol. The predicted octanol–water partition coefficient (Wildman–Crippen LogP) is 2.07. The molecule has 0 spiro atoms. The van der Waals surface area contributed by atoms with Crippen molar-refractivity contribution in [1.29, 1.82) is 0 Å². The molecular weight excluding hydrogens is 192 g/mol. The van der Waals surface area contributed by atoms with E-state index in [2.05, 4.69) is 27.7 Å². The lowest BCUT2D eigenvalue weighted by Crippen LogP contribution is -2.02. The van der Waals surface area contributed by atoms with Crippen LogP contribution in [0.5, 0.6) is 0 Å². The van der Waals surface area contributed by atoms with E-state index >= 15 is 0 Å². The van der Waals surface area contributed by atoms with Gasteiger partial charge in [0.1, 0.15) is 0 Å². The van der Waals surface area contributed by atoms with E-state index in [9.17, 15) is 0 Å². The van der Waals surface area contributed by atoms with E-state index in [-0.39, 0.29) is 13.2 Å². The summed E-state index contributed by atoms with van der Waals surface area (Å²) >= 11 is 0. The van der Waals surface area contributed by atoms with Crippen molar-refractivity contribution in [3.8, 4) is 0 Å². The largest absolute Gasteiger partial charge is 0.394 e. The van der Waals surface area contributed by atoms with Crippen LogP contribution in [0.1, 0.15) is 40.5 Å². The normalized spacial score (nSPS) is 10.4. The molecule has 0 fully saturated rings. The molecule has 94 valence electrons. The van der Waals surface area contributed by atoms with Gasteiger partial charge in [-0.05, 0) is 24.7 Å². The quantitative estimate of drug-likeness (QED) is 0.646. The van der Waals surface area contributed by atoms with Crippen LogP contribution in [0.4, 0.5) is 0 Å². The van der Waals surface area contributed by atoms with Crippen LogP contribution in [0.2, 0.25) is 0 Å². The van der Waals surface area contributed by atoms with E-state index in [1.54, 1.807) is 0 Å². The van der Waals surface area contributed by atoms with E-state index in [1.807, 2.05) is 0 Å². The highest BCUT2D eigenvalue weighted by Crippen LogP contribution is 2.02. The summed E-state index contributed by atoms with van der Waals surface area (Å²) in [5.41, 5.74) is 0. The van der Waals surface area contributed by atoms with Crippen LogP contribution >= 0.6 is 0 Å². The van der Waals surface area contributed by atoms with Gasteiger partial charge in [0.25, 0.3) is 0 Å². The van der Waals surface area contributed by atoms with E-state index in [4.69, 9.17) is 14.9 Å². The minimum Gasteiger partial charge on any atom is -0.394 e. The molecule has 0 heterocycles. The topological polar surface area (TPSA) is 49.7 Å².